The van der Waals surface area contributed by atoms with Crippen molar-refractivity contribution in [3.8, 4) is 28.4 Å². The molecule has 0 saturated carbocycles. The zero-order valence-electron chi connectivity index (χ0n) is 21.1. The minimum Gasteiger partial charge on any atom is -0.473 e. The van der Waals surface area contributed by atoms with Crippen LogP contribution in [0.2, 0.25) is 0 Å². The second-order valence-corrected chi connectivity index (χ2v) is 9.86. The van der Waals surface area contributed by atoms with E-state index >= 15 is 0 Å². The lowest BCUT2D eigenvalue weighted by Gasteiger charge is -2.24. The molecular formula is C26H30N8O2. The average molecular weight is 487 g/mol. The van der Waals surface area contributed by atoms with Crippen LogP contribution in [0.3, 0.4) is 0 Å². The number of rotatable bonds is 2. The number of nitrogens with one attached hydrogen (secondary N) is 1. The van der Waals surface area contributed by atoms with Gasteiger partial charge in [-0.2, -0.15) is 15.3 Å². The Bertz CT molecular complexity index is 1600. The van der Waals surface area contributed by atoms with Crippen molar-refractivity contribution in [3.63, 3.8) is 0 Å². The molecule has 10 heteroatoms. The third-order valence-corrected chi connectivity index (χ3v) is 6.93. The third kappa shape index (κ3) is 3.56. The normalized spacial score (nSPS) is 17.3. The van der Waals surface area contributed by atoms with Crippen molar-refractivity contribution in [2.24, 2.45) is 7.05 Å². The van der Waals surface area contributed by atoms with Gasteiger partial charge in [-0.3, -0.25) is 19.7 Å². The van der Waals surface area contributed by atoms with Crippen LogP contribution in [-0.4, -0.2) is 71.1 Å². The molecule has 0 spiro atoms. The second-order valence-electron chi connectivity index (χ2n) is 9.86. The highest BCUT2D eigenvalue weighted by Gasteiger charge is 2.24. The summed E-state index contributed by atoms with van der Waals surface area (Å²) in [5, 5.41) is 29.2. The molecule has 1 aliphatic heterocycles. The minimum absolute atomic E-state index is 0.0134. The predicted molar refractivity (Wildman–Crippen MR) is 138 cm³/mol. The topological polar surface area (TPSA) is 110 Å². The molecule has 4 aromatic heterocycles. The fourth-order valence-electron chi connectivity index (χ4n) is 5.23. The zero-order chi connectivity index (χ0) is 25.1. The van der Waals surface area contributed by atoms with Crippen LogP contribution in [-0.2, 0) is 13.6 Å². The van der Waals surface area contributed by atoms with Crippen molar-refractivity contribution in [1.82, 2.24) is 39.6 Å². The van der Waals surface area contributed by atoms with Crippen LogP contribution in [0.5, 0.6) is 5.88 Å². The molecule has 0 saturated heterocycles. The van der Waals surface area contributed by atoms with E-state index in [9.17, 15) is 5.11 Å². The van der Waals surface area contributed by atoms with Crippen molar-refractivity contribution in [2.75, 3.05) is 20.2 Å². The Balaban J connectivity index is 1.62. The first kappa shape index (κ1) is 22.7. The Morgan fingerprint density at radius 1 is 1.19 bits per heavy atom. The molecule has 2 N–H and O–H groups in total. The Hall–Kier alpha value is -3.76. The van der Waals surface area contributed by atoms with E-state index in [1.165, 1.54) is 0 Å². The van der Waals surface area contributed by atoms with Gasteiger partial charge in [-0.25, -0.2) is 4.68 Å². The number of aliphatic hydroxyl groups is 1. The molecule has 0 fully saturated rings. The summed E-state index contributed by atoms with van der Waals surface area (Å²) in [5.41, 5.74) is 7.21. The number of aliphatic hydroxyl groups excluding tert-OH is 1. The van der Waals surface area contributed by atoms with Gasteiger partial charge in [0.2, 0.25) is 5.88 Å². The first-order valence-electron chi connectivity index (χ1n) is 12.2. The van der Waals surface area contributed by atoms with E-state index in [2.05, 4.69) is 52.4 Å². The molecule has 4 bridgehead atoms. The molecule has 5 aromatic rings. The van der Waals surface area contributed by atoms with Crippen LogP contribution in [0.4, 0.5) is 0 Å². The number of ether oxygens (including phenoxy) is 1. The van der Waals surface area contributed by atoms with E-state index in [1.807, 2.05) is 37.8 Å². The van der Waals surface area contributed by atoms with Crippen LogP contribution in [0, 0.1) is 6.92 Å². The summed E-state index contributed by atoms with van der Waals surface area (Å²) in [6.07, 6.45) is 1.72. The Morgan fingerprint density at radius 3 is 2.83 bits per heavy atom. The summed E-state index contributed by atoms with van der Waals surface area (Å²) in [6, 6.07) is 8.16. The number of aryl methyl sites for hydroxylation is 2. The average Bonchev–Trinajstić information content (AvgIpc) is 3.51. The SMILES string of the molecule is Cc1nn(C)c2c1-c1cc3c(n[nH]c3cn1)-c1ccc3nn([C@@H](C)CO)c(c3c1)CN(C)C[C@H](C)O2. The highest BCUT2D eigenvalue weighted by Crippen LogP contribution is 2.37. The van der Waals surface area contributed by atoms with E-state index < -0.39 is 0 Å². The molecule has 1 aliphatic rings. The number of pyridine rings is 1. The molecule has 6 rings (SSSR count). The number of aromatic amines is 1. The second kappa shape index (κ2) is 8.42. The van der Waals surface area contributed by atoms with Gasteiger partial charge in [0.25, 0.3) is 0 Å². The van der Waals surface area contributed by atoms with Crippen molar-refractivity contribution in [3.05, 3.63) is 41.9 Å². The van der Waals surface area contributed by atoms with E-state index in [0.29, 0.717) is 19.0 Å². The van der Waals surface area contributed by atoms with Gasteiger partial charge in [0.05, 0.1) is 52.5 Å². The highest BCUT2D eigenvalue weighted by atomic mass is 16.5. The summed E-state index contributed by atoms with van der Waals surface area (Å²) in [4.78, 5) is 6.95. The fourth-order valence-corrected chi connectivity index (χ4v) is 5.23. The van der Waals surface area contributed by atoms with Crippen LogP contribution >= 0.6 is 0 Å². The third-order valence-electron chi connectivity index (χ3n) is 6.93. The van der Waals surface area contributed by atoms with Crippen LogP contribution in [0.15, 0.2) is 30.5 Å². The monoisotopic (exact) mass is 486 g/mol. The van der Waals surface area contributed by atoms with Crippen LogP contribution in [0.1, 0.15) is 31.3 Å². The Kier molecular flexibility index (Phi) is 5.31. The Labute approximate surface area is 208 Å². The fraction of sp³-hybridized carbons (Fsp3) is 0.385. The summed E-state index contributed by atoms with van der Waals surface area (Å²) < 4.78 is 10.2. The molecule has 186 valence electrons. The molecule has 5 heterocycles. The maximum Gasteiger partial charge on any atom is 0.221 e. The number of benzene rings is 1. The Morgan fingerprint density at radius 2 is 2.03 bits per heavy atom. The van der Waals surface area contributed by atoms with Gasteiger partial charge < -0.3 is 9.84 Å². The van der Waals surface area contributed by atoms with Crippen LogP contribution < -0.4 is 4.74 Å². The van der Waals surface area contributed by atoms with Gasteiger partial charge in [-0.1, -0.05) is 6.07 Å². The molecule has 0 radical (unpaired) electrons. The summed E-state index contributed by atoms with van der Waals surface area (Å²) in [7, 11) is 3.97. The van der Waals surface area contributed by atoms with Gasteiger partial charge in [-0.15, -0.1) is 0 Å². The lowest BCUT2D eigenvalue weighted by molar-refractivity contribution is 0.145. The molecule has 1 aromatic carbocycles. The summed E-state index contributed by atoms with van der Waals surface area (Å²) in [6.45, 7) is 7.38. The van der Waals surface area contributed by atoms with Gasteiger partial charge in [0.15, 0.2) is 0 Å². The first-order valence-corrected chi connectivity index (χ1v) is 12.2. The van der Waals surface area contributed by atoms with E-state index in [4.69, 9.17) is 14.8 Å². The van der Waals surface area contributed by atoms with E-state index in [1.54, 1.807) is 4.68 Å². The predicted octanol–water partition coefficient (Wildman–Crippen LogP) is 3.45. The standard InChI is InChI=1S/C26H30N8O2/c1-14(13-35)34-23-12-32(4)11-15(2)36-26-24(16(3)30-33(26)5)21-9-19-22(10-27-21)28-29-25(19)17-6-7-20(31-34)18(23)8-17/h6-10,14-15,35H,11-13H2,1-5H3,(H,28,29)/t14-,15-/m0/s1. The minimum atomic E-state index is -0.139. The number of fused-ring (bicyclic) bond motifs is 5. The number of H-pyrrole nitrogens is 1. The zero-order valence-corrected chi connectivity index (χ0v) is 21.1. The van der Waals surface area contributed by atoms with Gasteiger partial charge in [0, 0.05) is 36.5 Å². The summed E-state index contributed by atoms with van der Waals surface area (Å²) >= 11 is 0. The molecular weight excluding hydrogens is 456 g/mol. The molecule has 0 aliphatic carbocycles. The number of aromatic nitrogens is 7. The van der Waals surface area contributed by atoms with Crippen molar-refractivity contribution < 1.29 is 9.84 Å². The number of nitrogens with zero attached hydrogens (tertiary/aromatic N) is 7. The van der Waals surface area contributed by atoms with Crippen molar-refractivity contribution in [2.45, 2.75) is 39.5 Å². The largest absolute Gasteiger partial charge is 0.473 e. The molecule has 0 unspecified atom stereocenters. The van der Waals surface area contributed by atoms with E-state index in [-0.39, 0.29) is 18.8 Å². The van der Waals surface area contributed by atoms with Crippen molar-refractivity contribution in [1.29, 1.82) is 0 Å². The molecule has 36 heavy (non-hydrogen) atoms. The van der Waals surface area contributed by atoms with E-state index in [0.717, 1.165) is 55.7 Å². The van der Waals surface area contributed by atoms with Gasteiger partial charge in [-0.05, 0) is 46.0 Å². The number of hydrogen-bond donors (Lipinski definition) is 2. The molecule has 10 nitrogen and oxygen atoms in total. The first-order chi connectivity index (χ1) is 17.3. The maximum atomic E-state index is 9.91. The smallest absolute Gasteiger partial charge is 0.221 e. The molecule has 2 atom stereocenters. The number of likely N-dealkylation sites (N-methyl/N-ethyl adjacent to an activating group) is 1. The van der Waals surface area contributed by atoms with Crippen LogP contribution in [0.25, 0.3) is 44.3 Å². The highest BCUT2D eigenvalue weighted by molar-refractivity contribution is 5.97. The van der Waals surface area contributed by atoms with Crippen molar-refractivity contribution >= 4 is 21.8 Å². The van der Waals surface area contributed by atoms with Gasteiger partial charge >= 0.3 is 0 Å². The number of hydrogen-bond acceptors (Lipinski definition) is 7. The summed E-state index contributed by atoms with van der Waals surface area (Å²) in [5.74, 6) is 0.696. The quantitative estimate of drug-likeness (QED) is 0.393. The lowest BCUT2D eigenvalue weighted by atomic mass is 10.0. The lowest BCUT2D eigenvalue weighted by Crippen LogP contribution is -2.32. The van der Waals surface area contributed by atoms with Gasteiger partial charge in [0.1, 0.15) is 11.8 Å². The molecule has 0 amide bonds. The maximum absolute atomic E-state index is 9.91.